The van der Waals surface area contributed by atoms with Crippen LogP contribution in [0.15, 0.2) is 34.2 Å². The van der Waals surface area contributed by atoms with E-state index < -0.39 is 0 Å². The number of nitrogens with two attached hydrogens (primary N) is 2. The minimum atomic E-state index is -0.381. The van der Waals surface area contributed by atoms with E-state index in [9.17, 15) is 9.18 Å². The topological polar surface area (TPSA) is 97.8 Å². The summed E-state index contributed by atoms with van der Waals surface area (Å²) in [6, 6.07) is 5.66. The van der Waals surface area contributed by atoms with Crippen LogP contribution in [0.3, 0.4) is 0 Å². The average Bonchev–Trinajstić information content (AvgIpc) is 2.26. The predicted octanol–water partition coefficient (Wildman–Crippen LogP) is 1.37. The molecule has 94 valence electrons. The third kappa shape index (κ3) is 3.01. The third-order valence-electron chi connectivity index (χ3n) is 2.18. The number of aromatic nitrogens is 2. The van der Waals surface area contributed by atoms with Gasteiger partial charge in [0, 0.05) is 17.5 Å². The molecule has 5 nitrogen and oxygen atoms in total. The Labute approximate surface area is 106 Å². The molecule has 1 heterocycles. The molecule has 0 atom stereocenters. The van der Waals surface area contributed by atoms with Crippen LogP contribution in [0, 0.1) is 5.82 Å². The maximum Gasteiger partial charge on any atom is 0.253 e. The number of nitrogen functional groups attached to an aromatic ring is 2. The van der Waals surface area contributed by atoms with Crippen molar-refractivity contribution in [2.24, 2.45) is 0 Å². The molecule has 1 aromatic heterocycles. The Morgan fingerprint density at radius 3 is 2.78 bits per heavy atom. The molecule has 0 saturated heterocycles. The van der Waals surface area contributed by atoms with Gasteiger partial charge in [0.25, 0.3) is 5.56 Å². The minimum absolute atomic E-state index is 0.138. The summed E-state index contributed by atoms with van der Waals surface area (Å²) in [4.78, 5) is 17.6. The smallest absolute Gasteiger partial charge is 0.253 e. The zero-order chi connectivity index (χ0) is 13.1. The monoisotopic (exact) mass is 266 g/mol. The van der Waals surface area contributed by atoms with Gasteiger partial charge in [-0.15, -0.1) is 0 Å². The molecule has 0 radical (unpaired) electrons. The van der Waals surface area contributed by atoms with Gasteiger partial charge in [-0.25, -0.2) is 9.37 Å². The van der Waals surface area contributed by atoms with E-state index in [2.05, 4.69) is 9.97 Å². The van der Waals surface area contributed by atoms with Gasteiger partial charge in [0.15, 0.2) is 5.16 Å². The molecule has 0 aliphatic carbocycles. The van der Waals surface area contributed by atoms with Crippen LogP contribution in [0.1, 0.15) is 5.56 Å². The summed E-state index contributed by atoms with van der Waals surface area (Å²) in [6.45, 7) is 0. The van der Waals surface area contributed by atoms with Gasteiger partial charge < -0.3 is 16.5 Å². The van der Waals surface area contributed by atoms with Gasteiger partial charge in [-0.05, 0) is 17.7 Å². The predicted molar refractivity (Wildman–Crippen MR) is 69.6 cm³/mol. The van der Waals surface area contributed by atoms with Crippen LogP contribution in [0.2, 0.25) is 0 Å². The molecule has 0 fully saturated rings. The zero-order valence-electron chi connectivity index (χ0n) is 9.31. The average molecular weight is 266 g/mol. The third-order valence-corrected chi connectivity index (χ3v) is 3.10. The molecule has 2 rings (SSSR count). The largest absolute Gasteiger partial charge is 0.399 e. The number of anilines is 2. The lowest BCUT2D eigenvalue weighted by Gasteiger charge is -2.04. The summed E-state index contributed by atoms with van der Waals surface area (Å²) in [5.41, 5.74) is 11.4. The number of halogens is 1. The standard InChI is InChI=1S/C11H11FN4OS/c12-8-3-7(13)2-1-6(8)5-18-11-15-9(14)4-10(17)16-11/h1-4H,5,13H2,(H3,14,15,16,17). The molecule has 0 aliphatic rings. The fourth-order valence-corrected chi connectivity index (χ4v) is 2.22. The summed E-state index contributed by atoms with van der Waals surface area (Å²) in [6.07, 6.45) is 0. The van der Waals surface area contributed by atoms with Crippen LogP contribution < -0.4 is 17.0 Å². The number of benzene rings is 1. The van der Waals surface area contributed by atoms with E-state index in [-0.39, 0.29) is 17.2 Å². The molecule has 0 amide bonds. The van der Waals surface area contributed by atoms with Crippen LogP contribution in [0.25, 0.3) is 0 Å². The number of H-pyrrole nitrogens is 1. The first-order chi connectivity index (χ1) is 8.54. The van der Waals surface area contributed by atoms with Crippen molar-refractivity contribution in [3.8, 4) is 0 Å². The van der Waals surface area contributed by atoms with Gasteiger partial charge in [0.2, 0.25) is 0 Å². The number of hydrogen-bond donors (Lipinski definition) is 3. The Morgan fingerprint density at radius 1 is 1.33 bits per heavy atom. The van der Waals surface area contributed by atoms with E-state index in [4.69, 9.17) is 11.5 Å². The second kappa shape index (κ2) is 5.09. The first-order valence-electron chi connectivity index (χ1n) is 5.08. The summed E-state index contributed by atoms with van der Waals surface area (Å²) < 4.78 is 13.5. The van der Waals surface area contributed by atoms with Crippen molar-refractivity contribution in [1.29, 1.82) is 0 Å². The van der Waals surface area contributed by atoms with Crippen molar-refractivity contribution in [2.75, 3.05) is 11.5 Å². The van der Waals surface area contributed by atoms with Crippen molar-refractivity contribution in [2.45, 2.75) is 10.9 Å². The number of aromatic amines is 1. The molecular formula is C11H11FN4OS. The minimum Gasteiger partial charge on any atom is -0.399 e. The number of nitrogens with one attached hydrogen (secondary N) is 1. The molecule has 0 bridgehead atoms. The lowest BCUT2D eigenvalue weighted by Crippen LogP contribution is -2.09. The maximum atomic E-state index is 13.5. The Morgan fingerprint density at radius 2 is 2.11 bits per heavy atom. The fourth-order valence-electron chi connectivity index (χ4n) is 1.35. The molecule has 0 saturated carbocycles. The molecule has 18 heavy (non-hydrogen) atoms. The Kier molecular flexibility index (Phi) is 3.52. The highest BCUT2D eigenvalue weighted by atomic mass is 32.2. The van der Waals surface area contributed by atoms with Crippen LogP contribution in [0.5, 0.6) is 0 Å². The molecule has 5 N–H and O–H groups in total. The summed E-state index contributed by atoms with van der Waals surface area (Å²) in [7, 11) is 0. The quantitative estimate of drug-likeness (QED) is 0.443. The molecule has 0 aliphatic heterocycles. The second-order valence-electron chi connectivity index (χ2n) is 3.61. The Balaban J connectivity index is 2.13. The lowest BCUT2D eigenvalue weighted by atomic mass is 10.2. The van der Waals surface area contributed by atoms with E-state index in [1.54, 1.807) is 12.1 Å². The first-order valence-corrected chi connectivity index (χ1v) is 6.07. The van der Waals surface area contributed by atoms with E-state index >= 15 is 0 Å². The van der Waals surface area contributed by atoms with Crippen molar-refractivity contribution in [1.82, 2.24) is 9.97 Å². The number of nitrogens with zero attached hydrogens (tertiary/aromatic N) is 1. The Hall–Kier alpha value is -2.02. The van der Waals surface area contributed by atoms with Gasteiger partial charge in [-0.3, -0.25) is 4.79 Å². The molecule has 0 spiro atoms. The molecule has 7 heteroatoms. The van der Waals surface area contributed by atoms with Gasteiger partial charge in [-0.1, -0.05) is 17.8 Å². The van der Waals surface area contributed by atoms with Crippen LogP contribution in [0.4, 0.5) is 15.9 Å². The molecular weight excluding hydrogens is 255 g/mol. The highest BCUT2D eigenvalue weighted by Crippen LogP contribution is 2.21. The van der Waals surface area contributed by atoms with Crippen molar-refractivity contribution >= 4 is 23.3 Å². The van der Waals surface area contributed by atoms with Crippen LogP contribution in [-0.2, 0) is 5.75 Å². The lowest BCUT2D eigenvalue weighted by molar-refractivity contribution is 0.618. The van der Waals surface area contributed by atoms with Crippen LogP contribution in [-0.4, -0.2) is 9.97 Å². The highest BCUT2D eigenvalue weighted by Gasteiger charge is 2.05. The Bertz CT molecular complexity index is 629. The first kappa shape index (κ1) is 12.4. The SMILES string of the molecule is Nc1ccc(CSc2nc(N)cc(=O)[nH]2)c(F)c1. The molecule has 2 aromatic rings. The summed E-state index contributed by atoms with van der Waals surface area (Å²) in [5.74, 6) is 0.0891. The van der Waals surface area contributed by atoms with E-state index in [0.29, 0.717) is 22.2 Å². The van der Waals surface area contributed by atoms with Crippen molar-refractivity contribution in [3.63, 3.8) is 0 Å². The van der Waals surface area contributed by atoms with Crippen LogP contribution >= 0.6 is 11.8 Å². The van der Waals surface area contributed by atoms with E-state index in [0.717, 1.165) is 0 Å². The van der Waals surface area contributed by atoms with E-state index in [1.807, 2.05) is 0 Å². The van der Waals surface area contributed by atoms with Gasteiger partial charge in [-0.2, -0.15) is 0 Å². The fraction of sp³-hybridized carbons (Fsp3) is 0.0909. The number of thioether (sulfide) groups is 1. The van der Waals surface area contributed by atoms with Gasteiger partial charge in [0.1, 0.15) is 11.6 Å². The summed E-state index contributed by atoms with van der Waals surface area (Å²) >= 11 is 1.19. The van der Waals surface area contributed by atoms with Crippen molar-refractivity contribution < 1.29 is 4.39 Å². The van der Waals surface area contributed by atoms with Gasteiger partial charge >= 0.3 is 0 Å². The zero-order valence-corrected chi connectivity index (χ0v) is 10.1. The molecule has 1 aromatic carbocycles. The summed E-state index contributed by atoms with van der Waals surface area (Å²) in [5, 5.41) is 0.358. The van der Waals surface area contributed by atoms with Crippen molar-refractivity contribution in [3.05, 3.63) is 46.0 Å². The van der Waals surface area contributed by atoms with Gasteiger partial charge in [0.05, 0.1) is 0 Å². The highest BCUT2D eigenvalue weighted by molar-refractivity contribution is 7.98. The number of hydrogen-bond acceptors (Lipinski definition) is 5. The maximum absolute atomic E-state index is 13.5. The normalized spacial score (nSPS) is 10.5. The number of rotatable bonds is 3. The second-order valence-corrected chi connectivity index (χ2v) is 4.58. The molecule has 0 unspecified atom stereocenters. The van der Waals surface area contributed by atoms with E-state index in [1.165, 1.54) is 23.9 Å².